The molecule has 2 aliphatic carbocycles. The van der Waals surface area contributed by atoms with Gasteiger partial charge in [0.05, 0.1) is 17.9 Å². The lowest BCUT2D eigenvalue weighted by Gasteiger charge is -2.19. The first-order chi connectivity index (χ1) is 11.7. The largest absolute Gasteiger partial charge is 0.294 e. The summed E-state index contributed by atoms with van der Waals surface area (Å²) >= 11 is 0. The maximum atomic E-state index is 13.3. The molecule has 0 heterocycles. The molecular weight excluding hydrogens is 348 g/mol. The number of fused-ring (bicyclic) bond motifs is 1. The predicted molar refractivity (Wildman–Crippen MR) is 104 cm³/mol. The Labute approximate surface area is 151 Å². The van der Waals surface area contributed by atoms with Gasteiger partial charge < -0.3 is 0 Å². The molecule has 2 aliphatic rings. The molecule has 1 aromatic rings. The van der Waals surface area contributed by atoms with E-state index in [0.717, 1.165) is 35.6 Å². The van der Waals surface area contributed by atoms with E-state index < -0.39 is 17.9 Å². The quantitative estimate of drug-likeness (QED) is 0.722. The third kappa shape index (κ3) is 3.08. The highest BCUT2D eigenvalue weighted by atomic mass is 32.2. The Bertz CT molecular complexity index is 871. The summed E-state index contributed by atoms with van der Waals surface area (Å²) in [5.41, 5.74) is 1.88. The number of hydrogen-bond donors (Lipinski definition) is 0. The van der Waals surface area contributed by atoms with Gasteiger partial charge in [0, 0.05) is 5.92 Å². The van der Waals surface area contributed by atoms with Crippen LogP contribution in [-0.2, 0) is 14.6 Å². The molecule has 0 N–H and O–H groups in total. The van der Waals surface area contributed by atoms with Gasteiger partial charge in [0.1, 0.15) is 0 Å². The van der Waals surface area contributed by atoms with Crippen LogP contribution in [0.5, 0.6) is 0 Å². The number of sulfone groups is 1. The second kappa shape index (κ2) is 6.36. The summed E-state index contributed by atoms with van der Waals surface area (Å²) in [7, 11) is -5.38. The van der Waals surface area contributed by atoms with Gasteiger partial charge >= 0.3 is 0 Å². The molecule has 0 aliphatic heterocycles. The molecular formula is C20H26O3SSi. The van der Waals surface area contributed by atoms with Gasteiger partial charge in [-0.15, -0.1) is 0 Å². The van der Waals surface area contributed by atoms with E-state index in [0.29, 0.717) is 16.2 Å². The third-order valence-corrected chi connectivity index (χ3v) is 9.22. The standard InChI is InChI=1S/C20H26O3SSi/c1-14-18-16(20(19(14)21)25(2,3)4)12-8-9-13-17(18)24(22,23)15-10-6-5-7-11-15/h5-7,10-11,14H,8-9,12-13H2,1-4H3. The fourth-order valence-corrected chi connectivity index (χ4v) is 8.05. The smallest absolute Gasteiger partial charge is 0.203 e. The molecule has 1 unspecified atom stereocenters. The molecule has 0 bridgehead atoms. The molecule has 3 rings (SSSR count). The van der Waals surface area contributed by atoms with Gasteiger partial charge in [-0.3, -0.25) is 4.79 Å². The molecule has 0 saturated carbocycles. The Morgan fingerprint density at radius 2 is 1.60 bits per heavy atom. The SMILES string of the molecule is CC1C(=O)C([Si](C)(C)C)=C2CCCCC(S(=O)(=O)c3ccccc3)=C21. The Balaban J connectivity index is 2.29. The second-order valence-corrected chi connectivity index (χ2v) is 15.0. The Kier molecular flexibility index (Phi) is 4.66. The van der Waals surface area contributed by atoms with Gasteiger partial charge in [0.25, 0.3) is 0 Å². The van der Waals surface area contributed by atoms with Crippen molar-refractivity contribution in [1.82, 2.24) is 0 Å². The number of hydrogen-bond acceptors (Lipinski definition) is 3. The minimum absolute atomic E-state index is 0.159. The van der Waals surface area contributed by atoms with Gasteiger partial charge in [0.15, 0.2) is 5.78 Å². The van der Waals surface area contributed by atoms with E-state index in [9.17, 15) is 13.2 Å². The van der Waals surface area contributed by atoms with Crippen LogP contribution in [0.3, 0.4) is 0 Å². The van der Waals surface area contributed by atoms with E-state index in [1.165, 1.54) is 0 Å². The van der Waals surface area contributed by atoms with Crippen LogP contribution in [0.25, 0.3) is 0 Å². The van der Waals surface area contributed by atoms with Crippen molar-refractivity contribution in [3.05, 3.63) is 51.6 Å². The first kappa shape index (κ1) is 18.3. The molecule has 134 valence electrons. The van der Waals surface area contributed by atoms with Crippen LogP contribution in [0.4, 0.5) is 0 Å². The number of carbonyl (C=O) groups is 1. The van der Waals surface area contributed by atoms with E-state index >= 15 is 0 Å². The highest BCUT2D eigenvalue weighted by Crippen LogP contribution is 2.46. The third-order valence-electron chi connectivity index (χ3n) is 5.21. The van der Waals surface area contributed by atoms with E-state index in [1.54, 1.807) is 24.3 Å². The van der Waals surface area contributed by atoms with Crippen LogP contribution in [0, 0.1) is 5.92 Å². The summed E-state index contributed by atoms with van der Waals surface area (Å²) in [5, 5.41) is 0.970. The molecule has 0 amide bonds. The second-order valence-electron chi connectivity index (χ2n) is 8.05. The summed E-state index contributed by atoms with van der Waals surface area (Å²) in [5.74, 6) is -0.171. The summed E-state index contributed by atoms with van der Waals surface area (Å²) in [6, 6.07) is 8.63. The van der Waals surface area contributed by atoms with Crippen molar-refractivity contribution in [2.24, 2.45) is 5.92 Å². The van der Waals surface area contributed by atoms with Crippen LogP contribution in [0.1, 0.15) is 32.6 Å². The highest BCUT2D eigenvalue weighted by Gasteiger charge is 2.43. The van der Waals surface area contributed by atoms with E-state index in [2.05, 4.69) is 19.6 Å². The number of carbonyl (C=O) groups excluding carboxylic acids is 1. The van der Waals surface area contributed by atoms with Gasteiger partial charge in [0.2, 0.25) is 9.84 Å². The fraction of sp³-hybridized carbons (Fsp3) is 0.450. The summed E-state index contributed by atoms with van der Waals surface area (Å²) < 4.78 is 26.6. The Hall–Kier alpha value is -1.46. The topological polar surface area (TPSA) is 51.2 Å². The molecule has 0 radical (unpaired) electrons. The van der Waals surface area contributed by atoms with E-state index in [1.807, 2.05) is 13.0 Å². The summed E-state index contributed by atoms with van der Waals surface area (Å²) in [6.45, 7) is 8.42. The van der Waals surface area contributed by atoms with E-state index in [4.69, 9.17) is 0 Å². The van der Waals surface area contributed by atoms with Crippen molar-refractivity contribution in [2.45, 2.75) is 57.1 Å². The van der Waals surface area contributed by atoms with Crippen molar-refractivity contribution in [1.29, 1.82) is 0 Å². The first-order valence-electron chi connectivity index (χ1n) is 8.97. The highest BCUT2D eigenvalue weighted by molar-refractivity contribution is 7.95. The lowest BCUT2D eigenvalue weighted by Crippen LogP contribution is -2.29. The average Bonchev–Trinajstić information content (AvgIpc) is 2.71. The monoisotopic (exact) mass is 374 g/mol. The number of ketones is 1. The summed E-state index contributed by atoms with van der Waals surface area (Å²) in [4.78, 5) is 13.8. The molecule has 3 nitrogen and oxygen atoms in total. The molecule has 25 heavy (non-hydrogen) atoms. The van der Waals surface area contributed by atoms with Crippen molar-refractivity contribution < 1.29 is 13.2 Å². The molecule has 0 fully saturated rings. The van der Waals surface area contributed by atoms with Gasteiger partial charge in [-0.05, 0) is 54.2 Å². The van der Waals surface area contributed by atoms with Crippen molar-refractivity contribution >= 4 is 23.7 Å². The molecule has 5 heteroatoms. The zero-order chi connectivity index (χ0) is 18.4. The zero-order valence-corrected chi connectivity index (χ0v) is 17.2. The van der Waals surface area contributed by atoms with Crippen LogP contribution >= 0.6 is 0 Å². The predicted octanol–water partition coefficient (Wildman–Crippen LogP) is 4.68. The van der Waals surface area contributed by atoms with Crippen molar-refractivity contribution in [3.63, 3.8) is 0 Å². The molecule has 0 aromatic heterocycles. The zero-order valence-electron chi connectivity index (χ0n) is 15.4. The van der Waals surface area contributed by atoms with Crippen molar-refractivity contribution in [3.8, 4) is 0 Å². The van der Waals surface area contributed by atoms with Crippen LogP contribution in [0.2, 0.25) is 19.6 Å². The number of allylic oxidation sites excluding steroid dienone is 4. The van der Waals surface area contributed by atoms with Crippen LogP contribution < -0.4 is 0 Å². The summed E-state index contributed by atoms with van der Waals surface area (Å²) in [6.07, 6.45) is 3.17. The maximum Gasteiger partial charge on any atom is 0.203 e. The molecule has 0 spiro atoms. The normalized spacial score (nSPS) is 22.2. The number of rotatable bonds is 3. The lowest BCUT2D eigenvalue weighted by molar-refractivity contribution is -0.116. The average molecular weight is 375 g/mol. The Morgan fingerprint density at radius 1 is 1.00 bits per heavy atom. The lowest BCUT2D eigenvalue weighted by atomic mass is 9.98. The van der Waals surface area contributed by atoms with Crippen LogP contribution in [0.15, 0.2) is 56.5 Å². The molecule has 1 aromatic carbocycles. The van der Waals surface area contributed by atoms with Gasteiger partial charge in [-0.1, -0.05) is 44.8 Å². The van der Waals surface area contributed by atoms with Crippen molar-refractivity contribution in [2.75, 3.05) is 0 Å². The Morgan fingerprint density at radius 3 is 2.20 bits per heavy atom. The number of Topliss-reactive ketones (excluding diaryl/α,β-unsaturated/α-hetero) is 1. The van der Waals surface area contributed by atoms with E-state index in [-0.39, 0.29) is 11.7 Å². The fourth-order valence-electron chi connectivity index (χ4n) is 4.13. The first-order valence-corrected chi connectivity index (χ1v) is 14.0. The minimum Gasteiger partial charge on any atom is -0.294 e. The molecule has 1 atom stereocenters. The van der Waals surface area contributed by atoms with Gasteiger partial charge in [-0.25, -0.2) is 8.42 Å². The van der Waals surface area contributed by atoms with Crippen LogP contribution in [-0.4, -0.2) is 22.3 Å². The number of benzene rings is 1. The van der Waals surface area contributed by atoms with Gasteiger partial charge in [-0.2, -0.15) is 0 Å². The molecule has 0 saturated heterocycles. The maximum absolute atomic E-state index is 13.3. The minimum atomic E-state index is -3.56.